The number of carbonyl (C=O) groups is 8. The number of nitrogens with zero attached hydrogens (tertiary/aromatic N) is 8. The van der Waals surface area contributed by atoms with Crippen molar-refractivity contribution in [1.82, 2.24) is 40.4 Å². The molecule has 4 aliphatic heterocycles. The molecule has 0 aliphatic carbocycles. The number of rotatable bonds is 18. The average Bonchev–Trinajstić information content (AvgIpc) is 4.15. The van der Waals surface area contributed by atoms with Crippen LogP contribution in [0.2, 0.25) is 0 Å². The molecule has 2 unspecified atom stereocenters. The van der Waals surface area contributed by atoms with Crippen LogP contribution >= 0.6 is 92.4 Å². The number of β-lactam (4-membered cyclic amide) rings is 2. The van der Waals surface area contributed by atoms with Gasteiger partial charge < -0.3 is 62.5 Å². The maximum absolute atomic E-state index is 12.8. The van der Waals surface area contributed by atoms with Gasteiger partial charge >= 0.3 is 71.1 Å². The Morgan fingerprint density at radius 2 is 1.03 bits per heavy atom. The van der Waals surface area contributed by atoms with Gasteiger partial charge in [-0.05, 0) is 11.1 Å². The van der Waals surface area contributed by atoms with Gasteiger partial charge in [0.2, 0.25) is 0 Å². The van der Waals surface area contributed by atoms with E-state index in [0.29, 0.717) is 31.2 Å². The number of thiazole rings is 4. The van der Waals surface area contributed by atoms with Gasteiger partial charge in [0.1, 0.15) is 42.9 Å². The number of aromatic nitrogens is 4. The minimum absolute atomic E-state index is 0. The van der Waals surface area contributed by atoms with Crippen molar-refractivity contribution in [3.63, 3.8) is 0 Å². The zero-order valence-corrected chi connectivity index (χ0v) is 47.3. The topological polar surface area (TPSA) is 422 Å². The second kappa shape index (κ2) is 25.8. The molecular formula is C36H30N12Na2O14S8. The van der Waals surface area contributed by atoms with E-state index >= 15 is 0 Å². The number of hydrogen-bond acceptors (Lipinski definition) is 28. The van der Waals surface area contributed by atoms with Crippen molar-refractivity contribution in [3.8, 4) is 0 Å². The molecule has 368 valence electrons. The van der Waals surface area contributed by atoms with Crippen LogP contribution < -0.4 is 91.4 Å². The molecule has 72 heavy (non-hydrogen) atoms. The van der Waals surface area contributed by atoms with Gasteiger partial charge in [0.25, 0.3) is 23.6 Å². The molecule has 36 heteroatoms. The Morgan fingerprint density at radius 3 is 1.33 bits per heavy atom. The monoisotopic (exact) mass is 1160 g/mol. The van der Waals surface area contributed by atoms with Crippen molar-refractivity contribution in [2.45, 2.75) is 44.4 Å². The fraction of sp³-hybridized carbons (Fsp3) is 0.278. The Morgan fingerprint density at radius 1 is 0.653 bits per heavy atom. The fourth-order valence-corrected chi connectivity index (χ4v) is 14.4. The molecule has 0 spiro atoms. The second-order valence-electron chi connectivity index (χ2n) is 14.2. The van der Waals surface area contributed by atoms with Crippen LogP contribution in [-0.2, 0) is 51.2 Å². The molecule has 2 saturated heterocycles. The number of nitrogens with one attached hydrogen (secondary N) is 2. The van der Waals surface area contributed by atoms with Crippen molar-refractivity contribution in [2.24, 2.45) is 10.3 Å². The first-order valence-electron chi connectivity index (χ1n) is 19.2. The molecule has 8 heterocycles. The molecular weight excluding hydrogens is 1130 g/mol. The summed E-state index contributed by atoms with van der Waals surface area (Å²) in [5.74, 6) is -7.15. The molecule has 0 aromatic carbocycles. The van der Waals surface area contributed by atoms with Gasteiger partial charge in [-0.25, -0.2) is 19.9 Å². The molecule has 4 atom stereocenters. The van der Waals surface area contributed by atoms with Crippen LogP contribution in [0.1, 0.15) is 22.8 Å². The van der Waals surface area contributed by atoms with E-state index in [0.717, 1.165) is 32.5 Å². The number of amides is 4. The van der Waals surface area contributed by atoms with Crippen molar-refractivity contribution >= 4 is 162 Å². The molecule has 4 aromatic heterocycles. The molecule has 26 nitrogen and oxygen atoms in total. The third-order valence-electron chi connectivity index (χ3n) is 9.68. The summed E-state index contributed by atoms with van der Waals surface area (Å²) in [5, 5.41) is 75.8. The Hall–Kier alpha value is -4.30. The number of hydrogen-bond donors (Lipinski definition) is 8. The Balaban J connectivity index is 0.000000260. The molecule has 8 rings (SSSR count). The third-order valence-corrected chi connectivity index (χ3v) is 18.0. The largest absolute Gasteiger partial charge is 1.00 e. The van der Waals surface area contributed by atoms with Gasteiger partial charge in [0, 0.05) is 44.5 Å². The Labute approximate surface area is 481 Å². The first kappa shape index (κ1) is 58.6. The van der Waals surface area contributed by atoms with Crippen molar-refractivity contribution in [1.29, 1.82) is 0 Å². The number of thioether (sulfide) groups is 4. The summed E-state index contributed by atoms with van der Waals surface area (Å²) in [5.41, 5.74) is 11.5. The standard InChI is InChI=1S/2C18H16N6O7S4.2Na/c2*19-17-21-8(5-33-17)10(23-31)13(27)22-11-14(28)24-12(16(29)30)6(2-32-15(11)24)3-34-18-20-7(4-35-18)1-9(25)26;;/h2*4-5,11,15,31H,1-3H2,(H2,19,21)(H,22,27)(H,25,26)(H,29,30);;/q;;2*+1/p-2/t2*11?,15-;;/m11../s1. The van der Waals surface area contributed by atoms with E-state index in [-0.39, 0.29) is 128 Å². The predicted octanol–water partition coefficient (Wildman–Crippen LogP) is -7.63. The molecule has 0 radical (unpaired) electrons. The van der Waals surface area contributed by atoms with Crippen molar-refractivity contribution in [3.05, 3.63) is 66.8 Å². The van der Waals surface area contributed by atoms with Crippen molar-refractivity contribution < 1.29 is 128 Å². The SMILES string of the molecule is Nc1nc(C(=NO)C(=O)NC2C(=O)N3C(C(=O)[O-])=C(CSc4nc(CC(=O)O)cs4)CS[C@H]23)cs1.Nc1nc(C(=NO)C(=O)NC2C(=O)N3C(C(=O)[O-])=C(CSc4nc(CC(=O)O)cs4)CS[C@H]23)cs1.[Na+].[Na+]. The van der Waals surface area contributed by atoms with Gasteiger partial charge in [-0.3, -0.25) is 38.6 Å². The minimum Gasteiger partial charge on any atom is -0.543 e. The summed E-state index contributed by atoms with van der Waals surface area (Å²) >= 11 is 9.54. The number of nitrogen functional groups attached to an aromatic ring is 2. The number of carboxylic acid groups (broad SMARTS) is 4. The van der Waals surface area contributed by atoms with Crippen LogP contribution in [0.5, 0.6) is 0 Å². The van der Waals surface area contributed by atoms with E-state index < -0.39 is 81.8 Å². The van der Waals surface area contributed by atoms with Crippen LogP contribution in [0.15, 0.2) is 63.1 Å². The summed E-state index contributed by atoms with van der Waals surface area (Å²) < 4.78 is 1.13. The Kier molecular flexibility index (Phi) is 21.0. The first-order chi connectivity index (χ1) is 33.4. The third kappa shape index (κ3) is 13.3. The molecule has 4 aliphatic rings. The molecule has 4 aromatic rings. The Bertz CT molecular complexity index is 2750. The number of anilines is 2. The molecule has 0 saturated carbocycles. The van der Waals surface area contributed by atoms with E-state index in [1.165, 1.54) is 80.5 Å². The molecule has 4 amide bonds. The average molecular weight is 1160 g/mol. The summed E-state index contributed by atoms with van der Waals surface area (Å²) in [6, 6.07) is -2.08. The molecule has 10 N–H and O–H groups in total. The zero-order valence-electron chi connectivity index (χ0n) is 36.7. The first-order valence-corrected chi connectivity index (χ1v) is 26.8. The number of fused-ring (bicyclic) bond motifs is 2. The van der Waals surface area contributed by atoms with Gasteiger partial charge in [0.15, 0.2) is 21.7 Å². The second-order valence-corrected chi connectivity index (χ2v) is 22.3. The maximum atomic E-state index is 12.8. The number of carbonyl (C=O) groups excluding carboxylic acids is 6. The number of oxime groups is 2. The summed E-state index contributed by atoms with van der Waals surface area (Å²) in [6.07, 6.45) is -0.426. The normalized spacial score (nSPS) is 19.3. The van der Waals surface area contributed by atoms with Crippen LogP contribution in [0.25, 0.3) is 0 Å². The fourth-order valence-electron chi connectivity index (χ4n) is 6.68. The van der Waals surface area contributed by atoms with Crippen molar-refractivity contribution in [2.75, 3.05) is 34.5 Å². The smallest absolute Gasteiger partial charge is 0.543 e. The summed E-state index contributed by atoms with van der Waals surface area (Å²) in [6.45, 7) is 0. The zero-order chi connectivity index (χ0) is 50.6. The molecule has 2 fully saturated rings. The summed E-state index contributed by atoms with van der Waals surface area (Å²) in [4.78, 5) is 114. The number of nitrogens with two attached hydrogens (primary N) is 2. The van der Waals surface area contributed by atoms with E-state index in [9.17, 15) is 59.0 Å². The van der Waals surface area contributed by atoms with Crippen LogP contribution in [0.4, 0.5) is 10.3 Å². The van der Waals surface area contributed by atoms with Gasteiger partial charge in [0.05, 0.1) is 47.6 Å². The number of aliphatic carboxylic acids is 4. The van der Waals surface area contributed by atoms with Gasteiger partial charge in [-0.2, -0.15) is 0 Å². The van der Waals surface area contributed by atoms with Crippen LogP contribution in [0.3, 0.4) is 0 Å². The minimum atomic E-state index is -1.52. The molecule has 0 bridgehead atoms. The van der Waals surface area contributed by atoms with Gasteiger partial charge in [-0.1, -0.05) is 33.8 Å². The van der Waals surface area contributed by atoms with Crippen LogP contribution in [0, 0.1) is 0 Å². The maximum Gasteiger partial charge on any atom is 1.00 e. The van der Waals surface area contributed by atoms with E-state index in [4.69, 9.17) is 21.7 Å². The van der Waals surface area contributed by atoms with E-state index in [2.05, 4.69) is 40.9 Å². The van der Waals surface area contributed by atoms with Crippen LogP contribution in [-0.4, -0.2) is 155 Å². The predicted molar refractivity (Wildman–Crippen MR) is 252 cm³/mol. The number of carboxylic acids is 4. The van der Waals surface area contributed by atoms with Gasteiger partial charge in [-0.15, -0.1) is 68.9 Å². The summed E-state index contributed by atoms with van der Waals surface area (Å²) in [7, 11) is 0. The van der Waals surface area contributed by atoms with E-state index in [1.807, 2.05) is 0 Å². The quantitative estimate of drug-likeness (QED) is 0.0115. The van der Waals surface area contributed by atoms with E-state index in [1.54, 1.807) is 10.8 Å².